The minimum Gasteiger partial charge on any atom is -0.497 e. The van der Waals surface area contributed by atoms with Crippen molar-refractivity contribution in [2.75, 3.05) is 13.7 Å². The van der Waals surface area contributed by atoms with E-state index in [1.807, 2.05) is 61.5 Å². The second-order valence-electron chi connectivity index (χ2n) is 6.87. The minimum absolute atomic E-state index is 0.0412. The van der Waals surface area contributed by atoms with E-state index in [1.165, 1.54) is 11.8 Å². The molecule has 29 heavy (non-hydrogen) atoms. The summed E-state index contributed by atoms with van der Waals surface area (Å²) in [7, 11) is 1.65. The van der Waals surface area contributed by atoms with Gasteiger partial charge < -0.3 is 9.47 Å². The maximum Gasteiger partial charge on any atom is 0.266 e. The number of hydrogen-bond acceptors (Lipinski definition) is 5. The zero-order chi connectivity index (χ0) is 20.4. The number of carbonyl (C=O) groups is 1. The topological polar surface area (TPSA) is 38.8 Å². The molecule has 1 saturated heterocycles. The van der Waals surface area contributed by atoms with Crippen LogP contribution >= 0.6 is 24.0 Å². The number of nitrogens with zero attached hydrogens (tertiary/aromatic N) is 1. The van der Waals surface area contributed by atoms with Crippen LogP contribution in [0.4, 0.5) is 0 Å². The molecule has 148 valence electrons. The molecule has 0 bridgehead atoms. The summed E-state index contributed by atoms with van der Waals surface area (Å²) < 4.78 is 11.8. The SMILES string of the molecule is COc1ccc(CCN2C(=O)/C(=C/C3=Cc4ccccc4O[C@@H]3C)SC2=S)cc1. The number of benzene rings is 2. The summed E-state index contributed by atoms with van der Waals surface area (Å²) >= 11 is 6.82. The predicted octanol–water partition coefficient (Wildman–Crippen LogP) is 4.85. The van der Waals surface area contributed by atoms with Crippen LogP contribution in [0, 0.1) is 0 Å². The molecule has 6 heteroatoms. The number of rotatable bonds is 5. The van der Waals surface area contributed by atoms with E-state index in [0.717, 1.165) is 34.6 Å². The van der Waals surface area contributed by atoms with Crippen molar-refractivity contribution in [2.45, 2.75) is 19.4 Å². The Hall–Kier alpha value is -2.57. The molecule has 2 aromatic carbocycles. The number of para-hydroxylation sites is 1. The number of methoxy groups -OCH3 is 1. The van der Waals surface area contributed by atoms with E-state index in [9.17, 15) is 4.79 Å². The second-order valence-corrected chi connectivity index (χ2v) is 8.55. The lowest BCUT2D eigenvalue weighted by atomic mass is 10.0. The van der Waals surface area contributed by atoms with Gasteiger partial charge in [-0.15, -0.1) is 0 Å². The van der Waals surface area contributed by atoms with Gasteiger partial charge in [0.1, 0.15) is 21.9 Å². The fourth-order valence-electron chi connectivity index (χ4n) is 3.30. The van der Waals surface area contributed by atoms with Crippen molar-refractivity contribution in [3.63, 3.8) is 0 Å². The number of amides is 1. The largest absolute Gasteiger partial charge is 0.497 e. The summed E-state index contributed by atoms with van der Waals surface area (Å²) in [6.07, 6.45) is 4.60. The molecule has 1 amide bonds. The van der Waals surface area contributed by atoms with Crippen LogP contribution in [0.1, 0.15) is 18.1 Å². The molecular weight excluding hydrogens is 402 g/mol. The molecular formula is C23H21NO3S2. The van der Waals surface area contributed by atoms with Crippen LogP contribution in [-0.2, 0) is 11.2 Å². The third-order valence-corrected chi connectivity index (χ3v) is 6.35. The lowest BCUT2D eigenvalue weighted by Gasteiger charge is -2.23. The van der Waals surface area contributed by atoms with Crippen molar-refractivity contribution >= 4 is 40.3 Å². The standard InChI is InChI=1S/C23H21NO3S2/c1-15-18(13-17-5-3-4-6-20(17)27-15)14-21-22(25)24(23(28)29-21)12-11-16-7-9-19(26-2)10-8-16/h3-10,13-15H,11-12H2,1-2H3/b21-14-/t15-/m1/s1. The zero-order valence-corrected chi connectivity index (χ0v) is 17.9. The first-order valence-electron chi connectivity index (χ1n) is 9.41. The van der Waals surface area contributed by atoms with Gasteiger partial charge in [0.15, 0.2) is 0 Å². The summed E-state index contributed by atoms with van der Waals surface area (Å²) in [5.41, 5.74) is 3.13. The van der Waals surface area contributed by atoms with Crippen molar-refractivity contribution in [1.29, 1.82) is 0 Å². The fraction of sp³-hybridized carbons (Fsp3) is 0.217. The zero-order valence-electron chi connectivity index (χ0n) is 16.3. The number of ether oxygens (including phenoxy) is 2. The molecule has 1 atom stereocenters. The summed E-state index contributed by atoms with van der Waals surface area (Å²) in [4.78, 5) is 15.2. The fourth-order valence-corrected chi connectivity index (χ4v) is 4.61. The Labute approximate surface area is 180 Å². The highest BCUT2D eigenvalue weighted by Gasteiger charge is 2.32. The van der Waals surface area contributed by atoms with Crippen LogP contribution in [0.15, 0.2) is 65.1 Å². The molecule has 0 unspecified atom stereocenters. The monoisotopic (exact) mass is 423 g/mol. The van der Waals surface area contributed by atoms with Crippen LogP contribution in [-0.4, -0.2) is 34.9 Å². The van der Waals surface area contributed by atoms with Crippen LogP contribution in [0.2, 0.25) is 0 Å². The Morgan fingerprint density at radius 3 is 2.72 bits per heavy atom. The summed E-state index contributed by atoms with van der Waals surface area (Å²) in [5, 5.41) is 0. The van der Waals surface area contributed by atoms with Crippen molar-refractivity contribution in [3.8, 4) is 11.5 Å². The average molecular weight is 424 g/mol. The van der Waals surface area contributed by atoms with Crippen LogP contribution in [0.25, 0.3) is 6.08 Å². The van der Waals surface area contributed by atoms with E-state index in [0.29, 0.717) is 15.8 Å². The first-order valence-corrected chi connectivity index (χ1v) is 10.6. The number of fused-ring (bicyclic) bond motifs is 1. The maximum absolute atomic E-state index is 12.9. The van der Waals surface area contributed by atoms with Gasteiger partial charge in [-0.1, -0.05) is 54.3 Å². The van der Waals surface area contributed by atoms with Gasteiger partial charge in [0, 0.05) is 12.1 Å². The maximum atomic E-state index is 12.9. The summed E-state index contributed by atoms with van der Waals surface area (Å²) in [6.45, 7) is 2.55. The van der Waals surface area contributed by atoms with Crippen molar-refractivity contribution < 1.29 is 14.3 Å². The normalized spacial score (nSPS) is 19.8. The van der Waals surface area contributed by atoms with Crippen LogP contribution in [0.5, 0.6) is 11.5 Å². The molecule has 0 aliphatic carbocycles. The molecule has 0 N–H and O–H groups in total. The van der Waals surface area contributed by atoms with Crippen LogP contribution in [0.3, 0.4) is 0 Å². The highest BCUT2D eigenvalue weighted by atomic mass is 32.2. The number of hydrogen-bond donors (Lipinski definition) is 0. The average Bonchev–Trinajstić information content (AvgIpc) is 3.00. The smallest absolute Gasteiger partial charge is 0.266 e. The van der Waals surface area contributed by atoms with E-state index < -0.39 is 0 Å². The number of carbonyl (C=O) groups excluding carboxylic acids is 1. The third kappa shape index (κ3) is 4.23. The Kier molecular flexibility index (Phi) is 5.74. The van der Waals surface area contributed by atoms with Crippen LogP contribution < -0.4 is 9.47 Å². The molecule has 1 fully saturated rings. The van der Waals surface area contributed by atoms with E-state index >= 15 is 0 Å². The number of thiocarbonyl (C=S) groups is 1. The first kappa shape index (κ1) is 19.7. The van der Waals surface area contributed by atoms with Crippen molar-refractivity contribution in [3.05, 3.63) is 76.2 Å². The molecule has 4 rings (SSSR count). The Bertz CT molecular complexity index is 1010. The number of thioether (sulfide) groups is 1. The molecule has 2 aliphatic rings. The lowest BCUT2D eigenvalue weighted by molar-refractivity contribution is -0.122. The minimum atomic E-state index is -0.118. The molecule has 0 spiro atoms. The second kappa shape index (κ2) is 8.43. The molecule has 2 heterocycles. The van der Waals surface area contributed by atoms with Gasteiger partial charge in [-0.25, -0.2) is 0 Å². The molecule has 4 nitrogen and oxygen atoms in total. The van der Waals surface area contributed by atoms with Gasteiger partial charge in [-0.05, 0) is 54.8 Å². The molecule has 2 aliphatic heterocycles. The van der Waals surface area contributed by atoms with Crippen molar-refractivity contribution in [1.82, 2.24) is 4.90 Å². The quantitative estimate of drug-likeness (QED) is 0.508. The van der Waals surface area contributed by atoms with Gasteiger partial charge in [-0.3, -0.25) is 9.69 Å². The van der Waals surface area contributed by atoms with Gasteiger partial charge in [0.2, 0.25) is 0 Å². The molecule has 0 radical (unpaired) electrons. The van der Waals surface area contributed by atoms with E-state index in [-0.39, 0.29) is 12.0 Å². The Morgan fingerprint density at radius 1 is 1.21 bits per heavy atom. The highest BCUT2D eigenvalue weighted by molar-refractivity contribution is 8.26. The predicted molar refractivity (Wildman–Crippen MR) is 121 cm³/mol. The van der Waals surface area contributed by atoms with Gasteiger partial charge in [0.05, 0.1) is 12.0 Å². The lowest BCUT2D eigenvalue weighted by Crippen LogP contribution is -2.30. The summed E-state index contributed by atoms with van der Waals surface area (Å²) in [5.74, 6) is 1.64. The highest BCUT2D eigenvalue weighted by Crippen LogP contribution is 2.35. The Balaban J connectivity index is 1.48. The Morgan fingerprint density at radius 2 is 1.97 bits per heavy atom. The third-order valence-electron chi connectivity index (χ3n) is 4.97. The van der Waals surface area contributed by atoms with Gasteiger partial charge in [-0.2, -0.15) is 0 Å². The first-order chi connectivity index (χ1) is 14.0. The van der Waals surface area contributed by atoms with Crippen molar-refractivity contribution in [2.24, 2.45) is 0 Å². The van der Waals surface area contributed by atoms with E-state index in [4.69, 9.17) is 21.7 Å². The van der Waals surface area contributed by atoms with Gasteiger partial charge >= 0.3 is 0 Å². The van der Waals surface area contributed by atoms with Gasteiger partial charge in [0.25, 0.3) is 5.91 Å². The summed E-state index contributed by atoms with van der Waals surface area (Å²) in [6, 6.07) is 15.8. The van der Waals surface area contributed by atoms with E-state index in [2.05, 4.69) is 6.08 Å². The van der Waals surface area contributed by atoms with E-state index in [1.54, 1.807) is 12.0 Å². The molecule has 0 saturated carbocycles. The molecule has 2 aromatic rings. The molecule has 0 aromatic heterocycles.